The summed E-state index contributed by atoms with van der Waals surface area (Å²) in [6.07, 6.45) is -0.450. The molecule has 1 atom stereocenters. The molecule has 0 aromatic rings. The highest BCUT2D eigenvalue weighted by Gasteiger charge is 2.34. The van der Waals surface area contributed by atoms with E-state index in [9.17, 15) is 5.11 Å². The molecular weight excluding hydrogens is 216 g/mol. The SMILES string of the molecule is COC(OC)[C@@H]1CSC(N2CC(O)C2)=N1. The molecule has 0 unspecified atom stereocenters. The first kappa shape index (κ1) is 11.2. The first-order valence-corrected chi connectivity index (χ1v) is 5.92. The van der Waals surface area contributed by atoms with E-state index >= 15 is 0 Å². The fraction of sp³-hybridized carbons (Fsp3) is 0.889. The van der Waals surface area contributed by atoms with Crippen LogP contribution in [-0.2, 0) is 9.47 Å². The van der Waals surface area contributed by atoms with Gasteiger partial charge in [0.05, 0.1) is 6.10 Å². The summed E-state index contributed by atoms with van der Waals surface area (Å²) in [6, 6.07) is 0.0674. The predicted octanol–water partition coefficient (Wildman–Crippen LogP) is -0.247. The molecule has 1 fully saturated rings. The number of hydrogen-bond donors (Lipinski definition) is 1. The van der Waals surface area contributed by atoms with Crippen LogP contribution >= 0.6 is 11.8 Å². The van der Waals surface area contributed by atoms with Gasteiger partial charge in [0.2, 0.25) is 0 Å². The van der Waals surface area contributed by atoms with Gasteiger partial charge in [-0.05, 0) is 0 Å². The van der Waals surface area contributed by atoms with Crippen LogP contribution in [0.2, 0.25) is 0 Å². The van der Waals surface area contributed by atoms with Gasteiger partial charge in [-0.1, -0.05) is 11.8 Å². The Balaban J connectivity index is 1.90. The van der Waals surface area contributed by atoms with Crippen LogP contribution in [0.3, 0.4) is 0 Å². The molecule has 0 saturated carbocycles. The number of likely N-dealkylation sites (tertiary alicyclic amines) is 1. The van der Waals surface area contributed by atoms with Gasteiger partial charge in [-0.25, -0.2) is 0 Å². The van der Waals surface area contributed by atoms with Gasteiger partial charge in [0.15, 0.2) is 11.5 Å². The fourth-order valence-corrected chi connectivity index (χ4v) is 2.80. The monoisotopic (exact) mass is 232 g/mol. The van der Waals surface area contributed by atoms with Crippen molar-refractivity contribution in [3.63, 3.8) is 0 Å². The van der Waals surface area contributed by atoms with Gasteiger partial charge in [0.1, 0.15) is 6.04 Å². The average molecular weight is 232 g/mol. The van der Waals surface area contributed by atoms with Crippen LogP contribution in [-0.4, -0.2) is 66.7 Å². The van der Waals surface area contributed by atoms with Crippen LogP contribution in [0.1, 0.15) is 0 Å². The number of aliphatic hydroxyl groups excluding tert-OH is 1. The molecule has 6 heteroatoms. The number of nitrogens with zero attached hydrogens (tertiary/aromatic N) is 2. The molecule has 2 aliphatic rings. The summed E-state index contributed by atoms with van der Waals surface area (Å²) in [6.45, 7) is 1.40. The summed E-state index contributed by atoms with van der Waals surface area (Å²) in [7, 11) is 3.25. The molecule has 0 bridgehead atoms. The summed E-state index contributed by atoms with van der Waals surface area (Å²) in [5.74, 6) is 0.883. The second-order valence-electron chi connectivity index (χ2n) is 3.69. The average Bonchev–Trinajstić information content (AvgIpc) is 2.64. The minimum Gasteiger partial charge on any atom is -0.389 e. The van der Waals surface area contributed by atoms with Gasteiger partial charge >= 0.3 is 0 Å². The Morgan fingerprint density at radius 3 is 2.67 bits per heavy atom. The maximum absolute atomic E-state index is 9.19. The van der Waals surface area contributed by atoms with Gasteiger partial charge in [-0.15, -0.1) is 0 Å². The largest absolute Gasteiger partial charge is 0.389 e. The molecule has 0 amide bonds. The number of rotatable bonds is 3. The first-order chi connectivity index (χ1) is 7.24. The standard InChI is InChI=1S/C9H16N2O3S/c1-13-8(14-2)7-5-15-9(10-7)11-3-6(12)4-11/h6-8,12H,3-5H2,1-2H3/t7-/m0/s1. The summed E-state index contributed by atoms with van der Waals surface area (Å²) < 4.78 is 10.3. The number of aliphatic imine (C=N–C) groups is 1. The topological polar surface area (TPSA) is 54.3 Å². The Labute approximate surface area is 93.4 Å². The van der Waals surface area contributed by atoms with Gasteiger partial charge in [0, 0.05) is 33.1 Å². The number of thioether (sulfide) groups is 1. The normalized spacial score (nSPS) is 27.1. The lowest BCUT2D eigenvalue weighted by Gasteiger charge is -2.36. The van der Waals surface area contributed by atoms with Crippen LogP contribution in [0.25, 0.3) is 0 Å². The zero-order valence-electron chi connectivity index (χ0n) is 8.92. The Morgan fingerprint density at radius 2 is 2.13 bits per heavy atom. The van der Waals surface area contributed by atoms with E-state index in [2.05, 4.69) is 9.89 Å². The molecule has 86 valence electrons. The maximum atomic E-state index is 9.19. The summed E-state index contributed by atoms with van der Waals surface area (Å²) in [5.41, 5.74) is 0. The Morgan fingerprint density at radius 1 is 1.47 bits per heavy atom. The maximum Gasteiger partial charge on any atom is 0.180 e. The van der Waals surface area contributed by atoms with Crippen molar-refractivity contribution in [3.05, 3.63) is 0 Å². The molecule has 0 aromatic carbocycles. The molecule has 0 aromatic heterocycles. The number of hydrogen-bond acceptors (Lipinski definition) is 6. The third-order valence-corrected chi connectivity index (χ3v) is 3.70. The van der Waals surface area contributed by atoms with E-state index in [1.54, 1.807) is 26.0 Å². The molecule has 1 saturated heterocycles. The third kappa shape index (κ3) is 2.28. The van der Waals surface area contributed by atoms with E-state index in [1.807, 2.05) is 0 Å². The smallest absolute Gasteiger partial charge is 0.180 e. The van der Waals surface area contributed by atoms with E-state index in [0.29, 0.717) is 13.1 Å². The fourth-order valence-electron chi connectivity index (χ4n) is 1.71. The van der Waals surface area contributed by atoms with E-state index in [-0.39, 0.29) is 18.4 Å². The molecule has 0 radical (unpaired) electrons. The number of methoxy groups -OCH3 is 2. The molecule has 2 rings (SSSR count). The molecule has 0 spiro atoms. The summed E-state index contributed by atoms with van der Waals surface area (Å²) >= 11 is 1.70. The van der Waals surface area contributed by atoms with Crippen molar-refractivity contribution in [2.75, 3.05) is 33.1 Å². The zero-order chi connectivity index (χ0) is 10.8. The highest BCUT2D eigenvalue weighted by atomic mass is 32.2. The Bertz CT molecular complexity index is 252. The third-order valence-electron chi connectivity index (χ3n) is 2.57. The zero-order valence-corrected chi connectivity index (χ0v) is 9.74. The Kier molecular flexibility index (Phi) is 3.50. The van der Waals surface area contributed by atoms with Crippen molar-refractivity contribution in [1.29, 1.82) is 0 Å². The summed E-state index contributed by atoms with van der Waals surface area (Å²) in [4.78, 5) is 6.61. The van der Waals surface area contributed by atoms with Crippen LogP contribution in [0.5, 0.6) is 0 Å². The van der Waals surface area contributed by atoms with E-state index in [1.165, 1.54) is 0 Å². The number of ether oxygens (including phenoxy) is 2. The molecule has 2 heterocycles. The van der Waals surface area contributed by atoms with Gasteiger partial charge < -0.3 is 19.5 Å². The van der Waals surface area contributed by atoms with E-state index in [4.69, 9.17) is 9.47 Å². The highest BCUT2D eigenvalue weighted by Crippen LogP contribution is 2.26. The minimum atomic E-state index is -0.263. The van der Waals surface area contributed by atoms with Crippen molar-refractivity contribution in [2.24, 2.45) is 4.99 Å². The van der Waals surface area contributed by atoms with Crippen LogP contribution in [0.4, 0.5) is 0 Å². The number of amidine groups is 1. The molecule has 5 nitrogen and oxygen atoms in total. The van der Waals surface area contributed by atoms with Crippen molar-refractivity contribution in [1.82, 2.24) is 4.90 Å². The lowest BCUT2D eigenvalue weighted by atomic mass is 10.2. The minimum absolute atomic E-state index is 0.0674. The lowest BCUT2D eigenvalue weighted by Crippen LogP contribution is -2.52. The number of β-amino-alcohol motifs (C(OH)–C–C–N with tert-alkyl or cyclic N) is 1. The second-order valence-corrected chi connectivity index (χ2v) is 4.68. The van der Waals surface area contributed by atoms with E-state index in [0.717, 1.165) is 10.9 Å². The summed E-state index contributed by atoms with van der Waals surface area (Å²) in [5, 5.41) is 10.2. The second kappa shape index (κ2) is 4.69. The first-order valence-electron chi connectivity index (χ1n) is 4.93. The van der Waals surface area contributed by atoms with Crippen molar-refractivity contribution >= 4 is 16.9 Å². The van der Waals surface area contributed by atoms with E-state index < -0.39 is 0 Å². The highest BCUT2D eigenvalue weighted by molar-refractivity contribution is 8.14. The quantitative estimate of drug-likeness (QED) is 0.680. The molecule has 0 aliphatic carbocycles. The van der Waals surface area contributed by atoms with Crippen molar-refractivity contribution < 1.29 is 14.6 Å². The molecular formula is C9H16N2O3S. The van der Waals surface area contributed by atoms with Gasteiger partial charge in [0.25, 0.3) is 0 Å². The lowest BCUT2D eigenvalue weighted by molar-refractivity contribution is -0.111. The van der Waals surface area contributed by atoms with Gasteiger partial charge in [-0.3, -0.25) is 4.99 Å². The van der Waals surface area contributed by atoms with Gasteiger partial charge in [-0.2, -0.15) is 0 Å². The van der Waals surface area contributed by atoms with Crippen molar-refractivity contribution in [3.8, 4) is 0 Å². The van der Waals surface area contributed by atoms with Crippen molar-refractivity contribution in [2.45, 2.75) is 18.4 Å². The molecule has 2 aliphatic heterocycles. The molecule has 15 heavy (non-hydrogen) atoms. The predicted molar refractivity (Wildman–Crippen MR) is 59.1 cm³/mol. The van der Waals surface area contributed by atoms with Crippen LogP contribution in [0, 0.1) is 0 Å². The number of aliphatic hydroxyl groups is 1. The molecule has 1 N–H and O–H groups in total. The Hall–Kier alpha value is -0.300. The van der Waals surface area contributed by atoms with Crippen LogP contribution < -0.4 is 0 Å². The van der Waals surface area contributed by atoms with Crippen LogP contribution in [0.15, 0.2) is 4.99 Å².